The molecule has 10 heteroatoms. The van der Waals surface area contributed by atoms with E-state index >= 15 is 0 Å². The van der Waals surface area contributed by atoms with Gasteiger partial charge >= 0.3 is 0 Å². The molecule has 0 spiro atoms. The van der Waals surface area contributed by atoms with Gasteiger partial charge in [-0.2, -0.15) is 0 Å². The summed E-state index contributed by atoms with van der Waals surface area (Å²) >= 11 is 1.32. The van der Waals surface area contributed by atoms with Gasteiger partial charge < -0.3 is 19.9 Å². The maximum Gasteiger partial charge on any atom is 0.243 e. The summed E-state index contributed by atoms with van der Waals surface area (Å²) in [6, 6.07) is 15.3. The van der Waals surface area contributed by atoms with Crippen molar-refractivity contribution in [1.82, 2.24) is 19.7 Å². The van der Waals surface area contributed by atoms with Crippen LogP contribution in [0.3, 0.4) is 0 Å². The number of ether oxygens (including phenoxy) is 1. The van der Waals surface area contributed by atoms with E-state index in [0.29, 0.717) is 16.6 Å². The van der Waals surface area contributed by atoms with Gasteiger partial charge in [0.1, 0.15) is 5.75 Å². The van der Waals surface area contributed by atoms with Gasteiger partial charge in [-0.15, -0.1) is 10.2 Å². The van der Waals surface area contributed by atoms with Crippen LogP contribution in [0, 0.1) is 6.92 Å². The Morgan fingerprint density at radius 1 is 1.11 bits per heavy atom. The highest BCUT2D eigenvalue weighted by Gasteiger charge is 2.23. The van der Waals surface area contributed by atoms with E-state index in [9.17, 15) is 9.59 Å². The molecule has 4 rings (SSSR count). The molecule has 3 aromatic rings. The van der Waals surface area contributed by atoms with Crippen molar-refractivity contribution in [2.24, 2.45) is 0 Å². The second-order valence-corrected chi connectivity index (χ2v) is 9.41. The van der Waals surface area contributed by atoms with Crippen molar-refractivity contribution < 1.29 is 14.3 Å². The summed E-state index contributed by atoms with van der Waals surface area (Å²) < 4.78 is 7.19. The first-order valence-corrected chi connectivity index (χ1v) is 12.5. The molecule has 1 aromatic heterocycles. The number of nitrogens with one attached hydrogen (secondary N) is 1. The number of hydrogen-bond donors (Lipinski definition) is 1. The molecule has 9 nitrogen and oxygen atoms in total. The molecular formula is C25H30N6O3S. The highest BCUT2D eigenvalue weighted by molar-refractivity contribution is 7.99. The summed E-state index contributed by atoms with van der Waals surface area (Å²) in [6.45, 7) is 3.88. The molecule has 2 amide bonds. The number of benzene rings is 2. The monoisotopic (exact) mass is 494 g/mol. The van der Waals surface area contributed by atoms with Crippen LogP contribution in [0.15, 0.2) is 53.7 Å². The lowest BCUT2D eigenvalue weighted by Gasteiger charge is -2.19. The number of rotatable bonds is 9. The molecular weight excluding hydrogens is 464 g/mol. The number of aryl methyl sites for hydroxylation is 1. The maximum absolute atomic E-state index is 12.8. The summed E-state index contributed by atoms with van der Waals surface area (Å²) in [6.07, 6.45) is 2.26. The molecule has 1 aliphatic rings. The van der Waals surface area contributed by atoms with E-state index in [0.717, 1.165) is 37.6 Å². The van der Waals surface area contributed by atoms with Crippen molar-refractivity contribution in [1.29, 1.82) is 0 Å². The fraction of sp³-hybridized carbons (Fsp3) is 0.360. The average Bonchev–Trinajstić information content (AvgIpc) is 3.53. The van der Waals surface area contributed by atoms with Crippen LogP contribution in [0.1, 0.15) is 18.4 Å². The summed E-state index contributed by atoms with van der Waals surface area (Å²) in [4.78, 5) is 28.9. The predicted molar refractivity (Wildman–Crippen MR) is 138 cm³/mol. The minimum atomic E-state index is -0.279. The molecule has 184 valence electrons. The molecule has 1 aliphatic heterocycles. The van der Waals surface area contributed by atoms with Gasteiger partial charge in [0, 0.05) is 31.9 Å². The minimum absolute atomic E-state index is 0.0553. The molecule has 1 N–H and O–H groups in total. The Morgan fingerprint density at radius 3 is 2.57 bits per heavy atom. The lowest BCUT2D eigenvalue weighted by atomic mass is 10.2. The van der Waals surface area contributed by atoms with E-state index in [-0.39, 0.29) is 24.1 Å². The highest BCUT2D eigenvalue weighted by Crippen LogP contribution is 2.29. The van der Waals surface area contributed by atoms with Gasteiger partial charge in [0.15, 0.2) is 5.16 Å². The number of hydrogen-bond acceptors (Lipinski definition) is 7. The first-order valence-electron chi connectivity index (χ1n) is 11.5. The lowest BCUT2D eigenvalue weighted by molar-refractivity contribution is -0.131. The average molecular weight is 495 g/mol. The topological polar surface area (TPSA) is 92.6 Å². The number of aromatic nitrogens is 3. The fourth-order valence-corrected chi connectivity index (χ4v) is 4.73. The zero-order valence-electron chi connectivity index (χ0n) is 20.2. The fourth-order valence-electron chi connectivity index (χ4n) is 3.84. The van der Waals surface area contributed by atoms with Crippen LogP contribution < -0.4 is 15.0 Å². The second kappa shape index (κ2) is 11.3. The van der Waals surface area contributed by atoms with Crippen molar-refractivity contribution in [2.45, 2.75) is 24.9 Å². The van der Waals surface area contributed by atoms with Crippen LogP contribution >= 0.6 is 11.8 Å². The van der Waals surface area contributed by atoms with Gasteiger partial charge in [0.05, 0.1) is 25.1 Å². The standard InChI is InChI=1S/C25H30N6O3S/c1-18-9-11-20(12-10-18)31-24(30-13-4-5-14-30)27-28-25(31)35-17-23(33)29(2)16-22(32)26-19-7-6-8-21(15-19)34-3/h6-12,15H,4-5,13-14,16-17H2,1-3H3,(H,26,32). The quantitative estimate of drug-likeness (QED) is 0.456. The van der Waals surface area contributed by atoms with Gasteiger partial charge in [-0.25, -0.2) is 0 Å². The summed E-state index contributed by atoms with van der Waals surface area (Å²) in [5.41, 5.74) is 2.75. The molecule has 2 heterocycles. The van der Waals surface area contributed by atoms with E-state index in [1.807, 2.05) is 23.6 Å². The van der Waals surface area contributed by atoms with E-state index in [1.54, 1.807) is 38.4 Å². The van der Waals surface area contributed by atoms with E-state index in [1.165, 1.54) is 22.2 Å². The van der Waals surface area contributed by atoms with E-state index in [4.69, 9.17) is 4.74 Å². The first kappa shape index (κ1) is 24.6. The van der Waals surface area contributed by atoms with Gasteiger partial charge in [-0.1, -0.05) is 35.5 Å². The van der Waals surface area contributed by atoms with Crippen molar-refractivity contribution in [2.75, 3.05) is 49.8 Å². The van der Waals surface area contributed by atoms with Gasteiger partial charge in [-0.05, 0) is 44.0 Å². The van der Waals surface area contributed by atoms with Gasteiger partial charge in [-0.3, -0.25) is 14.2 Å². The smallest absolute Gasteiger partial charge is 0.243 e. The van der Waals surface area contributed by atoms with Crippen molar-refractivity contribution in [3.05, 3.63) is 54.1 Å². The Morgan fingerprint density at radius 2 is 1.86 bits per heavy atom. The van der Waals surface area contributed by atoms with Gasteiger partial charge in [0.25, 0.3) is 0 Å². The van der Waals surface area contributed by atoms with Gasteiger partial charge in [0.2, 0.25) is 17.8 Å². The molecule has 0 radical (unpaired) electrons. The van der Waals surface area contributed by atoms with E-state index in [2.05, 4.69) is 32.5 Å². The Labute approximate surface area is 209 Å². The zero-order valence-corrected chi connectivity index (χ0v) is 21.0. The van der Waals surface area contributed by atoms with Crippen LogP contribution in [0.4, 0.5) is 11.6 Å². The number of likely N-dealkylation sites (N-methyl/N-ethyl adjacent to an activating group) is 1. The van der Waals surface area contributed by atoms with Crippen molar-refractivity contribution >= 4 is 35.2 Å². The molecule has 2 aromatic carbocycles. The van der Waals surface area contributed by atoms with E-state index < -0.39 is 0 Å². The Hall–Kier alpha value is -3.53. The predicted octanol–water partition coefficient (Wildman–Crippen LogP) is 3.37. The molecule has 0 atom stereocenters. The zero-order chi connectivity index (χ0) is 24.8. The van der Waals surface area contributed by atoms with Crippen LogP contribution in [-0.4, -0.2) is 71.0 Å². The summed E-state index contributed by atoms with van der Waals surface area (Å²) in [5.74, 6) is 1.14. The molecule has 0 unspecified atom stereocenters. The van der Waals surface area contributed by atoms with Crippen LogP contribution in [-0.2, 0) is 9.59 Å². The Balaban J connectivity index is 1.40. The molecule has 35 heavy (non-hydrogen) atoms. The normalized spacial score (nSPS) is 13.1. The summed E-state index contributed by atoms with van der Waals surface area (Å²) in [7, 11) is 3.19. The number of carbonyl (C=O) groups is 2. The van der Waals surface area contributed by atoms with Crippen LogP contribution in [0.25, 0.3) is 5.69 Å². The van der Waals surface area contributed by atoms with Crippen molar-refractivity contribution in [3.8, 4) is 11.4 Å². The molecule has 1 saturated heterocycles. The number of methoxy groups -OCH3 is 1. The number of carbonyl (C=O) groups excluding carboxylic acids is 2. The molecule has 0 bridgehead atoms. The minimum Gasteiger partial charge on any atom is -0.497 e. The third kappa shape index (κ3) is 6.13. The SMILES string of the molecule is COc1cccc(NC(=O)CN(C)C(=O)CSc2nnc(N3CCCC3)n2-c2ccc(C)cc2)c1. The maximum atomic E-state index is 12.8. The summed E-state index contributed by atoms with van der Waals surface area (Å²) in [5, 5.41) is 12.3. The van der Waals surface area contributed by atoms with Crippen molar-refractivity contribution in [3.63, 3.8) is 0 Å². The van der Waals surface area contributed by atoms with Crippen LogP contribution in [0.5, 0.6) is 5.75 Å². The second-order valence-electron chi connectivity index (χ2n) is 8.47. The molecule has 0 aliphatic carbocycles. The number of nitrogens with zero attached hydrogens (tertiary/aromatic N) is 5. The third-order valence-corrected chi connectivity index (χ3v) is 6.70. The Bertz CT molecular complexity index is 1170. The molecule has 0 saturated carbocycles. The Kier molecular flexibility index (Phi) is 7.91. The number of thioether (sulfide) groups is 1. The largest absolute Gasteiger partial charge is 0.497 e. The lowest BCUT2D eigenvalue weighted by Crippen LogP contribution is -2.36. The number of amides is 2. The highest BCUT2D eigenvalue weighted by atomic mass is 32.2. The third-order valence-electron chi connectivity index (χ3n) is 5.78. The number of anilines is 2. The van der Waals surface area contributed by atoms with Crippen LogP contribution in [0.2, 0.25) is 0 Å². The first-order chi connectivity index (χ1) is 16.9. The molecule has 1 fully saturated rings.